The monoisotopic (exact) mass is 356 g/mol. The lowest BCUT2D eigenvalue weighted by Gasteiger charge is -2.37. The van der Waals surface area contributed by atoms with Gasteiger partial charge >= 0.3 is 0 Å². The molecule has 1 spiro atoms. The molecule has 1 aromatic heterocycles. The average molecular weight is 356 g/mol. The van der Waals surface area contributed by atoms with Gasteiger partial charge in [-0.2, -0.15) is 0 Å². The van der Waals surface area contributed by atoms with Gasteiger partial charge in [-0.15, -0.1) is 0 Å². The Balaban J connectivity index is 1.37. The summed E-state index contributed by atoms with van der Waals surface area (Å²) < 4.78 is 15.4. The number of hydrogen-bond acceptors (Lipinski definition) is 3. The summed E-state index contributed by atoms with van der Waals surface area (Å²) in [5.41, 5.74) is 0.647. The van der Waals surface area contributed by atoms with Gasteiger partial charge in [-0.3, -0.25) is 9.69 Å². The van der Waals surface area contributed by atoms with Crippen molar-refractivity contribution in [2.45, 2.75) is 32.4 Å². The fourth-order valence-electron chi connectivity index (χ4n) is 4.25. The molecule has 0 radical (unpaired) electrons. The highest BCUT2D eigenvalue weighted by molar-refractivity contribution is 5.85. The Morgan fingerprint density at radius 2 is 1.92 bits per heavy atom. The Kier molecular flexibility index (Phi) is 4.53. The first-order chi connectivity index (χ1) is 12.6. The van der Waals surface area contributed by atoms with E-state index in [0.717, 1.165) is 56.8 Å². The van der Waals surface area contributed by atoms with E-state index in [-0.39, 0.29) is 17.1 Å². The highest BCUT2D eigenvalue weighted by Crippen LogP contribution is 2.42. The molecule has 138 valence electrons. The second-order valence-corrected chi connectivity index (χ2v) is 7.62. The number of piperidine rings is 1. The molecule has 2 saturated heterocycles. The molecule has 1 amide bonds. The first-order valence-corrected chi connectivity index (χ1v) is 9.28. The van der Waals surface area contributed by atoms with Gasteiger partial charge < -0.3 is 9.47 Å². The minimum atomic E-state index is -0.244. The Morgan fingerprint density at radius 1 is 1.15 bits per heavy atom. The van der Waals surface area contributed by atoms with E-state index in [4.69, 9.17) is 0 Å². The Morgan fingerprint density at radius 3 is 2.62 bits per heavy atom. The number of aromatic nitrogens is 2. The van der Waals surface area contributed by atoms with E-state index in [0.29, 0.717) is 6.54 Å². The Hall–Kier alpha value is -2.21. The third-order valence-electron chi connectivity index (χ3n) is 5.96. The fourth-order valence-corrected chi connectivity index (χ4v) is 4.25. The fraction of sp³-hybridized carbons (Fsp3) is 0.500. The molecular weight excluding hydrogens is 331 g/mol. The van der Waals surface area contributed by atoms with Crippen molar-refractivity contribution in [3.63, 3.8) is 0 Å². The van der Waals surface area contributed by atoms with Crippen LogP contribution in [0.5, 0.6) is 0 Å². The maximum absolute atomic E-state index is 13.4. The molecule has 0 bridgehead atoms. The van der Waals surface area contributed by atoms with Gasteiger partial charge in [0.1, 0.15) is 11.6 Å². The number of halogens is 1. The molecule has 2 aromatic rings. The van der Waals surface area contributed by atoms with Crippen molar-refractivity contribution in [3.05, 3.63) is 53.9 Å². The van der Waals surface area contributed by atoms with Crippen molar-refractivity contribution in [1.29, 1.82) is 0 Å². The standard InChI is InChI=1S/C20H25FN4O/c1-23-12-8-22-18(23)15-24-9-5-20(6-10-24)7-11-25(19(20)26)14-16-3-2-4-17(21)13-16/h2-4,8,12-13H,5-7,9-11,14-15H2,1H3. The molecule has 0 N–H and O–H groups in total. The van der Waals surface area contributed by atoms with Crippen molar-refractivity contribution < 1.29 is 9.18 Å². The van der Waals surface area contributed by atoms with Gasteiger partial charge in [-0.05, 0) is 50.0 Å². The average Bonchev–Trinajstić information content (AvgIpc) is 3.16. The number of likely N-dealkylation sites (tertiary alicyclic amines) is 2. The van der Waals surface area contributed by atoms with Crippen LogP contribution in [0.1, 0.15) is 30.7 Å². The molecule has 26 heavy (non-hydrogen) atoms. The number of hydrogen-bond donors (Lipinski definition) is 0. The molecule has 2 fully saturated rings. The predicted molar refractivity (Wildman–Crippen MR) is 96.6 cm³/mol. The van der Waals surface area contributed by atoms with Gasteiger partial charge in [0.05, 0.1) is 12.0 Å². The second kappa shape index (κ2) is 6.83. The number of nitrogens with zero attached hydrogens (tertiary/aromatic N) is 4. The zero-order valence-corrected chi connectivity index (χ0v) is 15.2. The van der Waals surface area contributed by atoms with E-state index in [1.54, 1.807) is 6.07 Å². The summed E-state index contributed by atoms with van der Waals surface area (Å²) in [5, 5.41) is 0. The van der Waals surface area contributed by atoms with Crippen LogP contribution in [-0.4, -0.2) is 44.9 Å². The number of carbonyl (C=O) groups excluding carboxylic acids is 1. The maximum atomic E-state index is 13.4. The van der Waals surface area contributed by atoms with Gasteiger partial charge in [0, 0.05) is 32.5 Å². The quantitative estimate of drug-likeness (QED) is 0.846. The molecule has 2 aliphatic rings. The first-order valence-electron chi connectivity index (χ1n) is 9.28. The lowest BCUT2D eigenvalue weighted by molar-refractivity contribution is -0.139. The third kappa shape index (κ3) is 3.26. The van der Waals surface area contributed by atoms with Crippen LogP contribution in [0.3, 0.4) is 0 Å². The van der Waals surface area contributed by atoms with Gasteiger partial charge in [-0.25, -0.2) is 9.37 Å². The van der Waals surface area contributed by atoms with Crippen molar-refractivity contribution in [2.24, 2.45) is 12.5 Å². The molecule has 0 unspecified atom stereocenters. The molecule has 3 heterocycles. The summed E-state index contributed by atoms with van der Waals surface area (Å²) in [6.07, 6.45) is 6.50. The van der Waals surface area contributed by atoms with Crippen molar-refractivity contribution >= 4 is 5.91 Å². The molecule has 5 nitrogen and oxygen atoms in total. The molecule has 0 aliphatic carbocycles. The van der Waals surface area contributed by atoms with Gasteiger partial charge in [0.15, 0.2) is 0 Å². The van der Waals surface area contributed by atoms with E-state index < -0.39 is 0 Å². The number of benzene rings is 1. The largest absolute Gasteiger partial charge is 0.338 e. The van der Waals surface area contributed by atoms with Crippen molar-refractivity contribution in [2.75, 3.05) is 19.6 Å². The number of imidazole rings is 1. The normalized spacial score (nSPS) is 20.2. The van der Waals surface area contributed by atoms with Gasteiger partial charge in [0.2, 0.25) is 5.91 Å². The Labute approximate surface area is 153 Å². The van der Waals surface area contributed by atoms with Crippen LogP contribution >= 0.6 is 0 Å². The third-order valence-corrected chi connectivity index (χ3v) is 5.96. The van der Waals surface area contributed by atoms with Gasteiger partial charge in [-0.1, -0.05) is 12.1 Å². The van der Waals surface area contributed by atoms with Crippen molar-refractivity contribution in [1.82, 2.24) is 19.4 Å². The number of amides is 1. The molecule has 1 aromatic carbocycles. The number of carbonyl (C=O) groups is 1. The highest BCUT2D eigenvalue weighted by Gasteiger charge is 2.47. The minimum absolute atomic E-state index is 0.217. The highest BCUT2D eigenvalue weighted by atomic mass is 19.1. The summed E-state index contributed by atoms with van der Waals surface area (Å²) in [7, 11) is 2.01. The lowest BCUT2D eigenvalue weighted by atomic mass is 9.77. The van der Waals surface area contributed by atoms with Crippen LogP contribution < -0.4 is 0 Å². The molecule has 0 saturated carbocycles. The van der Waals surface area contributed by atoms with E-state index in [2.05, 4.69) is 9.88 Å². The Bertz CT molecular complexity index is 795. The van der Waals surface area contributed by atoms with Gasteiger partial charge in [0.25, 0.3) is 0 Å². The number of rotatable bonds is 4. The number of aryl methyl sites for hydroxylation is 1. The molecule has 0 atom stereocenters. The van der Waals surface area contributed by atoms with Crippen molar-refractivity contribution in [3.8, 4) is 0 Å². The first kappa shape index (κ1) is 17.2. The maximum Gasteiger partial charge on any atom is 0.229 e. The summed E-state index contributed by atoms with van der Waals surface area (Å²) in [5.74, 6) is 1.07. The van der Waals surface area contributed by atoms with E-state index in [9.17, 15) is 9.18 Å². The van der Waals surface area contributed by atoms with Crippen LogP contribution in [0.2, 0.25) is 0 Å². The lowest BCUT2D eigenvalue weighted by Crippen LogP contribution is -2.44. The zero-order chi connectivity index (χ0) is 18.1. The summed E-state index contributed by atoms with van der Waals surface area (Å²) in [6, 6.07) is 6.55. The van der Waals surface area contributed by atoms with Crippen LogP contribution in [0, 0.1) is 11.2 Å². The summed E-state index contributed by atoms with van der Waals surface area (Å²) in [4.78, 5) is 21.7. The zero-order valence-electron chi connectivity index (χ0n) is 15.2. The summed E-state index contributed by atoms with van der Waals surface area (Å²) >= 11 is 0. The van der Waals surface area contributed by atoms with E-state index in [1.807, 2.05) is 35.0 Å². The second-order valence-electron chi connectivity index (χ2n) is 7.62. The van der Waals surface area contributed by atoms with Crippen LogP contribution in [-0.2, 0) is 24.9 Å². The molecular formula is C20H25FN4O. The SMILES string of the molecule is Cn1ccnc1CN1CCC2(CC1)CCN(Cc1cccc(F)c1)C2=O. The van der Waals surface area contributed by atoms with Crippen LogP contribution in [0.25, 0.3) is 0 Å². The predicted octanol–water partition coefficient (Wildman–Crippen LogP) is 2.57. The molecule has 6 heteroatoms. The summed E-state index contributed by atoms with van der Waals surface area (Å²) in [6.45, 7) is 3.96. The van der Waals surface area contributed by atoms with E-state index in [1.165, 1.54) is 12.1 Å². The minimum Gasteiger partial charge on any atom is -0.338 e. The molecule has 2 aliphatic heterocycles. The van der Waals surface area contributed by atoms with Crippen LogP contribution in [0.4, 0.5) is 4.39 Å². The van der Waals surface area contributed by atoms with Crippen LogP contribution in [0.15, 0.2) is 36.7 Å². The topological polar surface area (TPSA) is 41.4 Å². The van der Waals surface area contributed by atoms with E-state index >= 15 is 0 Å². The smallest absolute Gasteiger partial charge is 0.229 e. The molecule has 4 rings (SSSR count).